The Morgan fingerprint density at radius 1 is 1.03 bits per heavy atom. The van der Waals surface area contributed by atoms with E-state index in [9.17, 15) is 9.50 Å². The first kappa shape index (κ1) is 21.0. The number of benzene rings is 3. The van der Waals surface area contributed by atoms with E-state index < -0.39 is 11.7 Å². The van der Waals surface area contributed by atoms with Crippen LogP contribution in [0.2, 0.25) is 5.02 Å². The summed E-state index contributed by atoms with van der Waals surface area (Å²) in [7, 11) is 0. The van der Waals surface area contributed by atoms with Crippen LogP contribution in [0.4, 0.5) is 4.39 Å². The number of ether oxygens (including phenoxy) is 1. The zero-order chi connectivity index (χ0) is 21.0. The minimum absolute atomic E-state index is 0.236. The molecule has 0 saturated carbocycles. The van der Waals surface area contributed by atoms with Crippen molar-refractivity contribution in [2.75, 3.05) is 19.7 Å². The lowest BCUT2D eigenvalue weighted by Crippen LogP contribution is -2.53. The van der Waals surface area contributed by atoms with E-state index in [1.54, 1.807) is 18.2 Å². The first-order valence-electron chi connectivity index (χ1n) is 10.1. The lowest BCUT2D eigenvalue weighted by Gasteiger charge is -2.42. The fourth-order valence-corrected chi connectivity index (χ4v) is 4.27. The molecular formula is C25H25ClFNO2. The van der Waals surface area contributed by atoms with E-state index in [0.29, 0.717) is 23.7 Å². The van der Waals surface area contributed by atoms with E-state index >= 15 is 0 Å². The first-order chi connectivity index (χ1) is 14.5. The third-order valence-corrected chi connectivity index (χ3v) is 6.04. The van der Waals surface area contributed by atoms with Gasteiger partial charge in [0.05, 0.1) is 6.61 Å². The van der Waals surface area contributed by atoms with Crippen LogP contribution in [0.3, 0.4) is 0 Å². The van der Waals surface area contributed by atoms with Crippen LogP contribution in [0.1, 0.15) is 16.7 Å². The predicted octanol–water partition coefficient (Wildman–Crippen LogP) is 4.81. The van der Waals surface area contributed by atoms with Crippen molar-refractivity contribution in [3.05, 3.63) is 106 Å². The van der Waals surface area contributed by atoms with Crippen molar-refractivity contribution in [3.8, 4) is 0 Å². The quantitative estimate of drug-likeness (QED) is 0.615. The highest BCUT2D eigenvalue weighted by molar-refractivity contribution is 6.31. The molecule has 1 aliphatic heterocycles. The summed E-state index contributed by atoms with van der Waals surface area (Å²) in [5.74, 6) is -0.387. The second-order valence-electron chi connectivity index (χ2n) is 7.78. The van der Waals surface area contributed by atoms with Crippen LogP contribution >= 0.6 is 11.6 Å². The van der Waals surface area contributed by atoms with Crippen LogP contribution < -0.4 is 0 Å². The van der Waals surface area contributed by atoms with E-state index in [4.69, 9.17) is 16.3 Å². The van der Waals surface area contributed by atoms with Gasteiger partial charge >= 0.3 is 0 Å². The molecule has 0 unspecified atom stereocenters. The van der Waals surface area contributed by atoms with Gasteiger partial charge in [-0.15, -0.1) is 0 Å². The topological polar surface area (TPSA) is 32.7 Å². The highest BCUT2D eigenvalue weighted by Gasteiger charge is 2.42. The van der Waals surface area contributed by atoms with Crippen LogP contribution in [0, 0.1) is 5.82 Å². The monoisotopic (exact) mass is 425 g/mol. The van der Waals surface area contributed by atoms with Gasteiger partial charge in [-0.25, -0.2) is 4.39 Å². The molecule has 4 rings (SSSR count). The number of aliphatic hydroxyl groups is 1. The lowest BCUT2D eigenvalue weighted by atomic mass is 9.81. The Hall–Kier alpha value is -2.24. The first-order valence-corrected chi connectivity index (χ1v) is 10.5. The van der Waals surface area contributed by atoms with E-state index in [1.807, 2.05) is 36.4 Å². The molecule has 0 aromatic heterocycles. The van der Waals surface area contributed by atoms with Crippen molar-refractivity contribution in [2.24, 2.45) is 0 Å². The molecule has 1 saturated heterocycles. The maximum absolute atomic E-state index is 14.1. The molecule has 0 amide bonds. The summed E-state index contributed by atoms with van der Waals surface area (Å²) >= 11 is 6.39. The molecule has 1 fully saturated rings. The number of nitrogens with zero attached hydrogens (tertiary/aromatic N) is 1. The van der Waals surface area contributed by atoms with Crippen molar-refractivity contribution >= 4 is 11.6 Å². The minimum atomic E-state index is -1.41. The van der Waals surface area contributed by atoms with Gasteiger partial charge < -0.3 is 9.84 Å². The molecule has 0 spiro atoms. The maximum Gasteiger partial charge on any atom is 0.123 e. The van der Waals surface area contributed by atoms with Crippen molar-refractivity contribution in [3.63, 3.8) is 0 Å². The average Bonchev–Trinajstić information content (AvgIpc) is 2.76. The molecule has 1 heterocycles. The Kier molecular flexibility index (Phi) is 6.49. The van der Waals surface area contributed by atoms with Crippen LogP contribution in [-0.4, -0.2) is 35.8 Å². The van der Waals surface area contributed by atoms with Crippen molar-refractivity contribution in [1.82, 2.24) is 4.90 Å². The van der Waals surface area contributed by atoms with Crippen molar-refractivity contribution in [1.29, 1.82) is 0 Å². The third kappa shape index (κ3) is 4.73. The molecule has 0 radical (unpaired) electrons. The van der Waals surface area contributed by atoms with Crippen molar-refractivity contribution < 1.29 is 14.2 Å². The Morgan fingerprint density at radius 3 is 2.57 bits per heavy atom. The highest BCUT2D eigenvalue weighted by atomic mass is 35.5. The normalized spacial score (nSPS) is 19.4. The molecule has 3 aromatic carbocycles. The number of hydrogen-bond donors (Lipinski definition) is 1. The number of morpholine rings is 1. The number of rotatable bonds is 6. The van der Waals surface area contributed by atoms with Crippen LogP contribution in [0.5, 0.6) is 0 Å². The van der Waals surface area contributed by atoms with E-state index in [2.05, 4.69) is 17.0 Å². The molecule has 3 nitrogen and oxygen atoms in total. The average molecular weight is 426 g/mol. The summed E-state index contributed by atoms with van der Waals surface area (Å²) in [6.07, 6.45) is -0.284. The lowest BCUT2D eigenvalue weighted by molar-refractivity contribution is -0.149. The zero-order valence-corrected chi connectivity index (χ0v) is 17.4. The summed E-state index contributed by atoms with van der Waals surface area (Å²) < 4.78 is 20.1. The minimum Gasteiger partial charge on any atom is -0.382 e. The summed E-state index contributed by atoms with van der Waals surface area (Å²) in [6, 6.07) is 23.8. The Balaban J connectivity index is 1.64. The van der Waals surface area contributed by atoms with Crippen LogP contribution in [0.15, 0.2) is 78.9 Å². The standard InChI is InChI=1S/C25H25ClFNO2/c26-23-12-5-4-9-20(23)16-25(29,21-10-6-11-22(27)15-21)24-18-28(13-14-30-24)17-19-7-2-1-3-8-19/h1-12,15,24,29H,13-14,16-18H2/t24-,25-/m0/s1. The van der Waals surface area contributed by atoms with Gasteiger partial charge in [-0.1, -0.05) is 72.3 Å². The molecule has 1 aliphatic rings. The summed E-state index contributed by atoms with van der Waals surface area (Å²) in [5.41, 5.74) is 1.09. The number of halogens is 2. The number of hydrogen-bond acceptors (Lipinski definition) is 3. The molecule has 0 bridgehead atoms. The Morgan fingerprint density at radius 2 is 1.80 bits per heavy atom. The van der Waals surface area contributed by atoms with E-state index in [-0.39, 0.29) is 12.2 Å². The molecule has 2 atom stereocenters. The van der Waals surface area contributed by atoms with Gasteiger partial charge in [-0.3, -0.25) is 4.90 Å². The smallest absolute Gasteiger partial charge is 0.123 e. The second-order valence-corrected chi connectivity index (χ2v) is 8.19. The predicted molar refractivity (Wildman–Crippen MR) is 117 cm³/mol. The summed E-state index contributed by atoms with van der Waals surface area (Å²) in [5, 5.41) is 12.5. The molecule has 3 aromatic rings. The largest absolute Gasteiger partial charge is 0.382 e. The van der Waals surface area contributed by atoms with Crippen molar-refractivity contribution in [2.45, 2.75) is 24.7 Å². The van der Waals surface area contributed by atoms with Gasteiger partial charge in [0.1, 0.15) is 17.5 Å². The Bertz CT molecular complexity index is 984. The summed E-state index contributed by atoms with van der Waals surface area (Å²) in [4.78, 5) is 2.26. The highest BCUT2D eigenvalue weighted by Crippen LogP contribution is 2.35. The molecule has 1 N–H and O–H groups in total. The van der Waals surface area contributed by atoms with Crippen LogP contribution in [0.25, 0.3) is 0 Å². The third-order valence-electron chi connectivity index (χ3n) is 5.67. The SMILES string of the molecule is O[C@@](Cc1ccccc1Cl)(c1cccc(F)c1)[C@@H]1CN(Cc2ccccc2)CCO1. The Labute approximate surface area is 181 Å². The van der Waals surface area contributed by atoms with Gasteiger partial charge in [0.15, 0.2) is 0 Å². The molecule has 5 heteroatoms. The molecular weight excluding hydrogens is 401 g/mol. The zero-order valence-electron chi connectivity index (χ0n) is 16.7. The maximum atomic E-state index is 14.1. The van der Waals surface area contributed by atoms with E-state index in [0.717, 1.165) is 18.7 Å². The van der Waals surface area contributed by atoms with Gasteiger partial charge in [0, 0.05) is 31.1 Å². The van der Waals surface area contributed by atoms with Gasteiger partial charge in [-0.05, 0) is 34.9 Å². The second kappa shape index (κ2) is 9.27. The van der Waals surface area contributed by atoms with Gasteiger partial charge in [-0.2, -0.15) is 0 Å². The summed E-state index contributed by atoms with van der Waals surface area (Å²) in [6.45, 7) is 2.58. The molecule has 0 aliphatic carbocycles. The van der Waals surface area contributed by atoms with Crippen LogP contribution in [-0.2, 0) is 23.3 Å². The van der Waals surface area contributed by atoms with Gasteiger partial charge in [0.25, 0.3) is 0 Å². The molecule has 156 valence electrons. The van der Waals surface area contributed by atoms with Gasteiger partial charge in [0.2, 0.25) is 0 Å². The fraction of sp³-hybridized carbons (Fsp3) is 0.280. The van der Waals surface area contributed by atoms with E-state index in [1.165, 1.54) is 17.7 Å². The molecule has 30 heavy (non-hydrogen) atoms. The fourth-order valence-electron chi connectivity index (χ4n) is 4.07.